The molecule has 1 saturated carbocycles. The average Bonchev–Trinajstić information content (AvgIpc) is 3.21. The predicted molar refractivity (Wildman–Crippen MR) is 71.3 cm³/mol. The third-order valence-electron chi connectivity index (χ3n) is 3.86. The molecule has 2 aliphatic rings. The van der Waals surface area contributed by atoms with E-state index in [1.165, 1.54) is 12.3 Å². The minimum absolute atomic E-state index is 0.00858. The van der Waals surface area contributed by atoms with Gasteiger partial charge in [-0.3, -0.25) is 10.1 Å². The second-order valence-corrected chi connectivity index (χ2v) is 5.56. The van der Waals surface area contributed by atoms with Crippen LogP contribution in [0.4, 0.5) is 11.4 Å². The summed E-state index contributed by atoms with van der Waals surface area (Å²) in [5.41, 5.74) is 0.356. The fourth-order valence-corrected chi connectivity index (χ4v) is 2.77. The van der Waals surface area contributed by atoms with Crippen LogP contribution in [0.25, 0.3) is 0 Å². The Kier molecular flexibility index (Phi) is 3.21. The number of ether oxygens (including phenoxy) is 1. The van der Waals surface area contributed by atoms with Gasteiger partial charge in [-0.25, -0.2) is 0 Å². The van der Waals surface area contributed by atoms with Crippen molar-refractivity contribution in [2.75, 3.05) is 18.0 Å². The van der Waals surface area contributed by atoms with Gasteiger partial charge in [0.25, 0.3) is 0 Å². The standard InChI is InChI=1S/C13H17N3O4/c1-9-6-14(8-13(20-9)10-2-3-10)12-7-15(17)5-4-11(12)16(18)19/h4-5,7,9-10,13H,2-3,6,8H2,1H3/t9-,13+/m0/s1. The topological polar surface area (TPSA) is 82.5 Å². The van der Waals surface area contributed by atoms with Crippen molar-refractivity contribution in [1.82, 2.24) is 0 Å². The third-order valence-corrected chi connectivity index (χ3v) is 3.86. The summed E-state index contributed by atoms with van der Waals surface area (Å²) in [7, 11) is 0. The number of nitro groups is 1. The van der Waals surface area contributed by atoms with E-state index in [1.807, 2.05) is 11.8 Å². The van der Waals surface area contributed by atoms with Gasteiger partial charge in [-0.1, -0.05) is 0 Å². The molecule has 0 unspecified atom stereocenters. The van der Waals surface area contributed by atoms with Gasteiger partial charge in [0, 0.05) is 13.1 Å². The van der Waals surface area contributed by atoms with Crippen molar-refractivity contribution >= 4 is 11.4 Å². The molecule has 0 radical (unpaired) electrons. The van der Waals surface area contributed by atoms with Crippen LogP contribution in [0.1, 0.15) is 19.8 Å². The summed E-state index contributed by atoms with van der Waals surface area (Å²) in [6.07, 6.45) is 4.87. The fourth-order valence-electron chi connectivity index (χ4n) is 2.77. The molecule has 0 amide bonds. The molecule has 7 heteroatoms. The maximum Gasteiger partial charge on any atom is 0.304 e. The van der Waals surface area contributed by atoms with Gasteiger partial charge in [0.05, 0.1) is 23.2 Å². The first-order valence-electron chi connectivity index (χ1n) is 6.82. The fraction of sp³-hybridized carbons (Fsp3) is 0.615. The predicted octanol–water partition coefficient (Wildman–Crippen LogP) is 1.23. The van der Waals surface area contributed by atoms with Crippen molar-refractivity contribution in [1.29, 1.82) is 0 Å². The highest BCUT2D eigenvalue weighted by molar-refractivity contribution is 5.60. The monoisotopic (exact) mass is 279 g/mol. The van der Waals surface area contributed by atoms with Crippen LogP contribution in [0.5, 0.6) is 0 Å². The summed E-state index contributed by atoms with van der Waals surface area (Å²) in [5, 5.41) is 22.6. The summed E-state index contributed by atoms with van der Waals surface area (Å²) in [6.45, 7) is 3.13. The molecule has 1 aliphatic carbocycles. The first-order valence-corrected chi connectivity index (χ1v) is 6.82. The molecule has 2 heterocycles. The summed E-state index contributed by atoms with van der Waals surface area (Å²) in [5.74, 6) is 0.558. The van der Waals surface area contributed by atoms with Gasteiger partial charge in [0.15, 0.2) is 11.9 Å². The van der Waals surface area contributed by atoms with E-state index in [9.17, 15) is 15.3 Å². The zero-order chi connectivity index (χ0) is 14.3. The summed E-state index contributed by atoms with van der Waals surface area (Å²) in [4.78, 5) is 12.6. The number of hydrogen-bond acceptors (Lipinski definition) is 5. The van der Waals surface area contributed by atoms with Crippen LogP contribution in [0, 0.1) is 21.2 Å². The number of anilines is 1. The maximum absolute atomic E-state index is 11.5. The lowest BCUT2D eigenvalue weighted by molar-refractivity contribution is -0.605. The van der Waals surface area contributed by atoms with Crippen LogP contribution in [0.3, 0.4) is 0 Å². The molecule has 1 aromatic rings. The highest BCUT2D eigenvalue weighted by Gasteiger charge is 2.39. The van der Waals surface area contributed by atoms with Crippen LogP contribution >= 0.6 is 0 Å². The van der Waals surface area contributed by atoms with Gasteiger partial charge >= 0.3 is 5.69 Å². The van der Waals surface area contributed by atoms with Gasteiger partial charge in [-0.05, 0) is 25.7 Å². The van der Waals surface area contributed by atoms with Gasteiger partial charge in [0.2, 0.25) is 6.20 Å². The highest BCUT2D eigenvalue weighted by Crippen LogP contribution is 2.38. The Labute approximate surface area is 116 Å². The minimum Gasteiger partial charge on any atom is -0.619 e. The van der Waals surface area contributed by atoms with Gasteiger partial charge in [-0.2, -0.15) is 4.73 Å². The van der Waals surface area contributed by atoms with E-state index in [0.29, 0.717) is 29.4 Å². The van der Waals surface area contributed by atoms with Crippen LogP contribution in [0.15, 0.2) is 18.5 Å². The number of morpholine rings is 1. The molecule has 2 atom stereocenters. The first-order chi connectivity index (χ1) is 9.54. The molecule has 1 aliphatic heterocycles. The Balaban J connectivity index is 1.90. The lowest BCUT2D eigenvalue weighted by Gasteiger charge is -2.37. The zero-order valence-corrected chi connectivity index (χ0v) is 11.3. The Morgan fingerprint density at radius 2 is 2.20 bits per heavy atom. The molecule has 20 heavy (non-hydrogen) atoms. The second kappa shape index (κ2) is 4.90. The van der Waals surface area contributed by atoms with Crippen molar-refractivity contribution in [3.05, 3.63) is 33.8 Å². The average molecular weight is 279 g/mol. The maximum atomic E-state index is 11.5. The SMILES string of the molecule is C[C@H]1CN(c2c[n+]([O-])ccc2[N+](=O)[O-])C[C@H](C2CC2)O1. The molecule has 2 fully saturated rings. The third kappa shape index (κ3) is 2.53. The molecule has 0 spiro atoms. The molecular weight excluding hydrogens is 262 g/mol. The number of rotatable bonds is 3. The molecule has 0 N–H and O–H groups in total. The quantitative estimate of drug-likeness (QED) is 0.360. The summed E-state index contributed by atoms with van der Waals surface area (Å²) >= 11 is 0. The molecule has 0 bridgehead atoms. The van der Waals surface area contributed by atoms with E-state index >= 15 is 0 Å². The number of aromatic nitrogens is 1. The molecule has 1 saturated heterocycles. The highest BCUT2D eigenvalue weighted by atomic mass is 16.6. The van der Waals surface area contributed by atoms with E-state index in [0.717, 1.165) is 19.0 Å². The van der Waals surface area contributed by atoms with Crippen LogP contribution in [0.2, 0.25) is 0 Å². The van der Waals surface area contributed by atoms with Gasteiger partial charge in [-0.15, -0.1) is 0 Å². The molecule has 0 aromatic carbocycles. The summed E-state index contributed by atoms with van der Waals surface area (Å²) in [6, 6.07) is 1.26. The number of pyridine rings is 1. The number of hydrogen-bond donors (Lipinski definition) is 0. The van der Waals surface area contributed by atoms with Crippen LogP contribution in [-0.4, -0.2) is 30.2 Å². The van der Waals surface area contributed by atoms with E-state index < -0.39 is 4.92 Å². The Morgan fingerprint density at radius 3 is 2.85 bits per heavy atom. The van der Waals surface area contributed by atoms with Crippen molar-refractivity contribution in [2.45, 2.75) is 32.0 Å². The van der Waals surface area contributed by atoms with Crippen molar-refractivity contribution in [2.24, 2.45) is 5.92 Å². The normalized spacial score (nSPS) is 26.6. The molecule has 3 rings (SSSR count). The lowest BCUT2D eigenvalue weighted by Crippen LogP contribution is -2.48. The van der Waals surface area contributed by atoms with Crippen molar-refractivity contribution in [3.8, 4) is 0 Å². The minimum atomic E-state index is -0.443. The second-order valence-electron chi connectivity index (χ2n) is 5.56. The Hall–Kier alpha value is -1.89. The lowest BCUT2D eigenvalue weighted by atomic mass is 10.1. The molecule has 108 valence electrons. The zero-order valence-electron chi connectivity index (χ0n) is 11.3. The Bertz CT molecular complexity index is 532. The molecule has 1 aromatic heterocycles. The van der Waals surface area contributed by atoms with Crippen molar-refractivity contribution < 1.29 is 14.4 Å². The van der Waals surface area contributed by atoms with Gasteiger partial charge < -0.3 is 14.8 Å². The largest absolute Gasteiger partial charge is 0.619 e. The smallest absolute Gasteiger partial charge is 0.304 e. The van der Waals surface area contributed by atoms with E-state index in [4.69, 9.17) is 4.74 Å². The summed E-state index contributed by atoms with van der Waals surface area (Å²) < 4.78 is 6.50. The number of nitrogens with zero attached hydrogens (tertiary/aromatic N) is 3. The van der Waals surface area contributed by atoms with Crippen LogP contribution < -0.4 is 9.63 Å². The van der Waals surface area contributed by atoms with Crippen LogP contribution in [-0.2, 0) is 4.74 Å². The van der Waals surface area contributed by atoms with E-state index in [-0.39, 0.29) is 17.9 Å². The van der Waals surface area contributed by atoms with E-state index in [2.05, 4.69) is 0 Å². The Morgan fingerprint density at radius 1 is 1.45 bits per heavy atom. The molecule has 7 nitrogen and oxygen atoms in total. The van der Waals surface area contributed by atoms with E-state index in [1.54, 1.807) is 0 Å². The van der Waals surface area contributed by atoms with Gasteiger partial charge in [0.1, 0.15) is 0 Å². The van der Waals surface area contributed by atoms with Crippen molar-refractivity contribution in [3.63, 3.8) is 0 Å². The molecular formula is C13H17N3O4. The first kappa shape index (κ1) is 13.1.